The van der Waals surface area contributed by atoms with Crippen molar-refractivity contribution in [1.82, 2.24) is 10.3 Å². The Morgan fingerprint density at radius 2 is 1.65 bits per heavy atom. The zero-order valence-corrected chi connectivity index (χ0v) is 15.1. The number of hydrogen-bond acceptors (Lipinski definition) is 3. The largest absolute Gasteiger partial charge is 0.349 e. The third-order valence-electron chi connectivity index (χ3n) is 4.75. The van der Waals surface area contributed by atoms with E-state index in [1.807, 2.05) is 31.2 Å². The van der Waals surface area contributed by atoms with E-state index in [-0.39, 0.29) is 23.6 Å². The Labute approximate surface area is 154 Å². The number of hydrogen-bond donors (Lipinski definition) is 2. The lowest BCUT2D eigenvalue weighted by atomic mass is 10.1. The van der Waals surface area contributed by atoms with Crippen molar-refractivity contribution >= 4 is 17.5 Å². The quantitative estimate of drug-likeness (QED) is 0.815. The Kier molecular flexibility index (Phi) is 6.00. The van der Waals surface area contributed by atoms with E-state index in [9.17, 15) is 9.59 Å². The van der Waals surface area contributed by atoms with Gasteiger partial charge in [0.1, 0.15) is 5.69 Å². The smallest absolute Gasteiger partial charge is 0.274 e. The van der Waals surface area contributed by atoms with Crippen LogP contribution in [0.4, 0.5) is 5.69 Å². The van der Waals surface area contributed by atoms with Gasteiger partial charge in [-0.3, -0.25) is 14.6 Å². The van der Waals surface area contributed by atoms with Gasteiger partial charge < -0.3 is 10.6 Å². The number of anilines is 1. The Balaban J connectivity index is 1.65. The standard InChI is InChI=1S/C21H25N3O2/c1-15-8-10-18(11-9-15)24-21(26)19-14-16(12-13-22-19)20(25)23-17-6-4-2-3-5-7-17/h8-14,17H,2-7H2,1H3,(H,23,25)(H,24,26). The number of carbonyl (C=O) groups is 2. The highest BCUT2D eigenvalue weighted by Gasteiger charge is 2.17. The maximum atomic E-state index is 12.5. The van der Waals surface area contributed by atoms with Gasteiger partial charge in [0, 0.05) is 23.5 Å². The van der Waals surface area contributed by atoms with Crippen LogP contribution < -0.4 is 10.6 Å². The summed E-state index contributed by atoms with van der Waals surface area (Å²) in [6.45, 7) is 1.99. The predicted octanol–water partition coefficient (Wildman–Crippen LogP) is 4.09. The zero-order valence-electron chi connectivity index (χ0n) is 15.1. The molecule has 0 aliphatic heterocycles. The van der Waals surface area contributed by atoms with Crippen molar-refractivity contribution in [3.63, 3.8) is 0 Å². The molecule has 1 aromatic carbocycles. The molecule has 1 aliphatic rings. The highest BCUT2D eigenvalue weighted by atomic mass is 16.2. The normalized spacial score (nSPS) is 15.1. The van der Waals surface area contributed by atoms with Crippen molar-refractivity contribution in [2.24, 2.45) is 0 Å². The van der Waals surface area contributed by atoms with Crippen LogP contribution in [0.15, 0.2) is 42.6 Å². The molecule has 2 aromatic rings. The summed E-state index contributed by atoms with van der Waals surface area (Å²) in [5, 5.41) is 5.91. The lowest BCUT2D eigenvalue weighted by Gasteiger charge is -2.16. The fourth-order valence-corrected chi connectivity index (χ4v) is 3.22. The van der Waals surface area contributed by atoms with Crippen molar-refractivity contribution in [3.8, 4) is 0 Å². The highest BCUT2D eigenvalue weighted by molar-refractivity contribution is 6.04. The van der Waals surface area contributed by atoms with Crippen LogP contribution in [0.1, 0.15) is 64.9 Å². The van der Waals surface area contributed by atoms with Gasteiger partial charge >= 0.3 is 0 Å². The molecule has 0 bridgehead atoms. The predicted molar refractivity (Wildman–Crippen MR) is 102 cm³/mol. The van der Waals surface area contributed by atoms with Gasteiger partial charge in [0.15, 0.2) is 0 Å². The first-order valence-corrected chi connectivity index (χ1v) is 9.27. The summed E-state index contributed by atoms with van der Waals surface area (Å²) >= 11 is 0. The summed E-state index contributed by atoms with van der Waals surface area (Å²) in [5.41, 5.74) is 2.53. The summed E-state index contributed by atoms with van der Waals surface area (Å²) in [5.74, 6) is -0.457. The monoisotopic (exact) mass is 351 g/mol. The Bertz CT molecular complexity index is 763. The molecule has 2 amide bonds. The van der Waals surface area contributed by atoms with Crippen LogP contribution in [0.5, 0.6) is 0 Å². The van der Waals surface area contributed by atoms with Gasteiger partial charge in [0.05, 0.1) is 0 Å². The second-order valence-electron chi connectivity index (χ2n) is 6.91. The molecular weight excluding hydrogens is 326 g/mol. The summed E-state index contributed by atoms with van der Waals surface area (Å²) in [6, 6.07) is 11.0. The fourth-order valence-electron chi connectivity index (χ4n) is 3.22. The summed E-state index contributed by atoms with van der Waals surface area (Å²) < 4.78 is 0. The average molecular weight is 351 g/mol. The lowest BCUT2D eigenvalue weighted by Crippen LogP contribution is -2.34. The van der Waals surface area contributed by atoms with Crippen LogP contribution in [0.25, 0.3) is 0 Å². The number of nitrogens with zero attached hydrogens (tertiary/aromatic N) is 1. The molecule has 1 heterocycles. The van der Waals surface area contributed by atoms with E-state index in [1.165, 1.54) is 19.0 Å². The summed E-state index contributed by atoms with van der Waals surface area (Å²) in [6.07, 6.45) is 8.36. The van der Waals surface area contributed by atoms with Crippen LogP contribution in [-0.4, -0.2) is 22.8 Å². The van der Waals surface area contributed by atoms with Gasteiger partial charge in [0.25, 0.3) is 11.8 Å². The molecule has 1 aromatic heterocycles. The molecule has 0 spiro atoms. The SMILES string of the molecule is Cc1ccc(NC(=O)c2cc(C(=O)NC3CCCCCC3)ccn2)cc1. The summed E-state index contributed by atoms with van der Waals surface area (Å²) in [4.78, 5) is 29.0. The van der Waals surface area contributed by atoms with Crippen LogP contribution >= 0.6 is 0 Å². The number of aryl methyl sites for hydroxylation is 1. The van der Waals surface area contributed by atoms with E-state index in [0.717, 1.165) is 31.2 Å². The molecule has 1 aliphatic carbocycles. The molecule has 5 nitrogen and oxygen atoms in total. The molecule has 0 unspecified atom stereocenters. The minimum absolute atomic E-state index is 0.135. The van der Waals surface area contributed by atoms with E-state index < -0.39 is 0 Å². The van der Waals surface area contributed by atoms with Gasteiger partial charge in [-0.1, -0.05) is 43.4 Å². The first-order valence-electron chi connectivity index (χ1n) is 9.27. The van der Waals surface area contributed by atoms with E-state index in [1.54, 1.807) is 12.1 Å². The second-order valence-corrected chi connectivity index (χ2v) is 6.91. The van der Waals surface area contributed by atoms with E-state index in [2.05, 4.69) is 15.6 Å². The van der Waals surface area contributed by atoms with E-state index in [0.29, 0.717) is 11.3 Å². The number of carbonyl (C=O) groups excluding carboxylic acids is 2. The van der Waals surface area contributed by atoms with Gasteiger partial charge in [-0.2, -0.15) is 0 Å². The fraction of sp³-hybridized carbons (Fsp3) is 0.381. The number of rotatable bonds is 4. The average Bonchev–Trinajstić information content (AvgIpc) is 2.92. The number of aromatic nitrogens is 1. The molecule has 1 saturated carbocycles. The zero-order chi connectivity index (χ0) is 18.4. The van der Waals surface area contributed by atoms with Crippen LogP contribution in [0.3, 0.4) is 0 Å². The topological polar surface area (TPSA) is 71.1 Å². The van der Waals surface area contributed by atoms with Crippen molar-refractivity contribution in [2.75, 3.05) is 5.32 Å². The molecule has 1 fully saturated rings. The van der Waals surface area contributed by atoms with Crippen LogP contribution in [-0.2, 0) is 0 Å². The van der Waals surface area contributed by atoms with Gasteiger partial charge in [0.2, 0.25) is 0 Å². The third kappa shape index (κ3) is 4.91. The lowest BCUT2D eigenvalue weighted by molar-refractivity contribution is 0.0933. The molecule has 2 N–H and O–H groups in total. The highest BCUT2D eigenvalue weighted by Crippen LogP contribution is 2.18. The van der Waals surface area contributed by atoms with Crippen molar-refractivity contribution in [2.45, 2.75) is 51.5 Å². The Morgan fingerprint density at radius 1 is 0.962 bits per heavy atom. The van der Waals surface area contributed by atoms with Gasteiger partial charge in [-0.15, -0.1) is 0 Å². The van der Waals surface area contributed by atoms with Crippen molar-refractivity contribution in [1.29, 1.82) is 0 Å². The molecule has 0 radical (unpaired) electrons. The van der Waals surface area contributed by atoms with Gasteiger partial charge in [-0.05, 0) is 44.0 Å². The molecule has 3 rings (SSSR count). The molecule has 5 heteroatoms. The number of benzene rings is 1. The summed E-state index contributed by atoms with van der Waals surface area (Å²) in [7, 11) is 0. The van der Waals surface area contributed by atoms with E-state index in [4.69, 9.17) is 0 Å². The molecule has 136 valence electrons. The number of amides is 2. The van der Waals surface area contributed by atoms with Gasteiger partial charge in [-0.25, -0.2) is 0 Å². The first kappa shape index (κ1) is 18.1. The molecule has 0 atom stereocenters. The Morgan fingerprint density at radius 3 is 2.35 bits per heavy atom. The maximum absolute atomic E-state index is 12.5. The minimum Gasteiger partial charge on any atom is -0.349 e. The first-order chi connectivity index (χ1) is 12.6. The van der Waals surface area contributed by atoms with Crippen LogP contribution in [0.2, 0.25) is 0 Å². The van der Waals surface area contributed by atoms with Crippen molar-refractivity contribution < 1.29 is 9.59 Å². The molecule has 26 heavy (non-hydrogen) atoms. The van der Waals surface area contributed by atoms with E-state index >= 15 is 0 Å². The van der Waals surface area contributed by atoms with Crippen molar-refractivity contribution in [3.05, 3.63) is 59.4 Å². The minimum atomic E-state index is -0.321. The molecular formula is C21H25N3O2. The number of pyridine rings is 1. The molecule has 0 saturated heterocycles. The third-order valence-corrected chi connectivity index (χ3v) is 4.75. The van der Waals surface area contributed by atoms with Crippen LogP contribution in [0, 0.1) is 6.92 Å². The Hall–Kier alpha value is -2.69. The second kappa shape index (κ2) is 8.61. The maximum Gasteiger partial charge on any atom is 0.274 e. The number of nitrogens with one attached hydrogen (secondary N) is 2.